The van der Waals surface area contributed by atoms with Crippen molar-refractivity contribution in [1.82, 2.24) is 5.32 Å². The fraction of sp³-hybridized carbons (Fsp3) is 0.556. The average molecular weight is 184 g/mol. The normalized spacial score (nSPS) is 13.9. The van der Waals surface area contributed by atoms with Crippen molar-refractivity contribution in [2.75, 3.05) is 12.8 Å². The zero-order chi connectivity index (χ0) is 9.40. The van der Waals surface area contributed by atoms with E-state index in [0.29, 0.717) is 5.70 Å². The summed E-state index contributed by atoms with van der Waals surface area (Å²) in [6, 6.07) is 0. The van der Waals surface area contributed by atoms with Crippen molar-refractivity contribution in [2.45, 2.75) is 18.7 Å². The first-order chi connectivity index (χ1) is 5.74. The van der Waals surface area contributed by atoms with E-state index in [0.717, 1.165) is 13.0 Å². The molecule has 0 bridgehead atoms. The van der Waals surface area contributed by atoms with Crippen LogP contribution in [0.3, 0.4) is 0 Å². The van der Waals surface area contributed by atoms with Crippen molar-refractivity contribution in [3.8, 4) is 12.3 Å². The number of hydrogen-bond donors (Lipinski definition) is 2. The minimum atomic E-state index is 0.237. The van der Waals surface area contributed by atoms with Crippen LogP contribution >= 0.6 is 11.8 Å². The van der Waals surface area contributed by atoms with Crippen LogP contribution in [0.25, 0.3) is 0 Å². The molecule has 0 radical (unpaired) electrons. The lowest BCUT2D eigenvalue weighted by Gasteiger charge is -2.11. The van der Waals surface area contributed by atoms with Crippen molar-refractivity contribution in [1.29, 1.82) is 0 Å². The zero-order valence-electron chi connectivity index (χ0n) is 7.63. The number of rotatable bonds is 5. The molecule has 0 spiro atoms. The molecule has 1 atom stereocenters. The molecule has 0 fully saturated rings. The minimum absolute atomic E-state index is 0.237. The van der Waals surface area contributed by atoms with Gasteiger partial charge in [-0.1, -0.05) is 12.8 Å². The Balaban J connectivity index is 3.91. The lowest BCUT2D eigenvalue weighted by Crippen LogP contribution is -2.25. The molecule has 0 aromatic heterocycles. The van der Waals surface area contributed by atoms with Gasteiger partial charge < -0.3 is 11.1 Å². The van der Waals surface area contributed by atoms with Gasteiger partial charge in [-0.25, -0.2) is 0 Å². The molecule has 0 aliphatic rings. The van der Waals surface area contributed by atoms with Gasteiger partial charge in [-0.05, 0) is 25.3 Å². The molecule has 3 heteroatoms. The highest BCUT2D eigenvalue weighted by molar-refractivity contribution is 7.99. The van der Waals surface area contributed by atoms with Crippen LogP contribution in [0.2, 0.25) is 0 Å². The summed E-state index contributed by atoms with van der Waals surface area (Å²) in [7, 11) is 0. The van der Waals surface area contributed by atoms with Crippen molar-refractivity contribution < 1.29 is 0 Å². The highest BCUT2D eigenvalue weighted by Crippen LogP contribution is 2.05. The molecule has 0 rings (SSSR count). The second-order valence-corrected chi connectivity index (χ2v) is 3.36. The Morgan fingerprint density at radius 2 is 2.50 bits per heavy atom. The van der Waals surface area contributed by atoms with Gasteiger partial charge in [-0.15, -0.1) is 18.2 Å². The first-order valence-corrected chi connectivity index (χ1v) is 5.23. The molecule has 0 aromatic carbocycles. The lowest BCUT2D eigenvalue weighted by atomic mass is 10.4. The van der Waals surface area contributed by atoms with E-state index in [1.165, 1.54) is 0 Å². The molecular weight excluding hydrogens is 168 g/mol. The maximum absolute atomic E-state index is 5.49. The van der Waals surface area contributed by atoms with E-state index in [4.69, 9.17) is 12.2 Å². The summed E-state index contributed by atoms with van der Waals surface area (Å²) >= 11 is 1.69. The minimum Gasteiger partial charge on any atom is -0.392 e. The van der Waals surface area contributed by atoms with Gasteiger partial charge >= 0.3 is 0 Å². The molecular formula is C9H16N2S. The van der Waals surface area contributed by atoms with Crippen LogP contribution in [0.1, 0.15) is 13.3 Å². The number of nitrogens with one attached hydrogen (secondary N) is 1. The van der Waals surface area contributed by atoms with Gasteiger partial charge in [0.05, 0.1) is 11.1 Å². The lowest BCUT2D eigenvalue weighted by molar-refractivity contribution is 0.701. The first kappa shape index (κ1) is 11.4. The van der Waals surface area contributed by atoms with E-state index in [9.17, 15) is 0 Å². The van der Waals surface area contributed by atoms with Crippen LogP contribution in [-0.2, 0) is 0 Å². The van der Waals surface area contributed by atoms with E-state index in [-0.39, 0.29) is 5.37 Å². The van der Waals surface area contributed by atoms with Crippen molar-refractivity contribution in [3.05, 3.63) is 11.8 Å². The van der Waals surface area contributed by atoms with Crippen molar-refractivity contribution in [3.63, 3.8) is 0 Å². The fourth-order valence-electron chi connectivity index (χ4n) is 0.708. The van der Waals surface area contributed by atoms with Crippen molar-refractivity contribution in [2.24, 2.45) is 5.73 Å². The predicted octanol–water partition coefficient (Wildman–Crippen LogP) is 1.15. The molecule has 1 unspecified atom stereocenters. The van der Waals surface area contributed by atoms with Gasteiger partial charge in [0.15, 0.2) is 0 Å². The van der Waals surface area contributed by atoms with Gasteiger partial charge in [0, 0.05) is 0 Å². The molecule has 0 saturated carbocycles. The van der Waals surface area contributed by atoms with E-state index in [1.54, 1.807) is 11.8 Å². The quantitative estimate of drug-likeness (QED) is 0.497. The van der Waals surface area contributed by atoms with E-state index >= 15 is 0 Å². The summed E-state index contributed by atoms with van der Waals surface area (Å²) < 4.78 is 0. The smallest absolute Gasteiger partial charge is 0.0808 e. The highest BCUT2D eigenvalue weighted by atomic mass is 32.2. The topological polar surface area (TPSA) is 38.0 Å². The molecule has 0 aliphatic carbocycles. The maximum Gasteiger partial charge on any atom is 0.0808 e. The molecule has 2 nitrogen and oxygen atoms in total. The van der Waals surface area contributed by atoms with Gasteiger partial charge in [0.2, 0.25) is 0 Å². The van der Waals surface area contributed by atoms with Crippen LogP contribution in [-0.4, -0.2) is 18.2 Å². The Kier molecular flexibility index (Phi) is 6.73. The summed E-state index contributed by atoms with van der Waals surface area (Å²) in [4.78, 5) is 0. The second-order valence-electron chi connectivity index (χ2n) is 2.38. The summed E-state index contributed by atoms with van der Waals surface area (Å²) in [5.41, 5.74) is 5.99. The highest BCUT2D eigenvalue weighted by Gasteiger charge is 2.00. The molecule has 0 amide bonds. The van der Waals surface area contributed by atoms with E-state index in [1.807, 2.05) is 12.3 Å². The monoisotopic (exact) mass is 184 g/mol. The van der Waals surface area contributed by atoms with E-state index in [2.05, 4.69) is 18.2 Å². The van der Waals surface area contributed by atoms with Crippen LogP contribution in [0.15, 0.2) is 11.8 Å². The number of thioether (sulfide) groups is 1. The van der Waals surface area contributed by atoms with E-state index < -0.39 is 0 Å². The number of allylic oxidation sites excluding steroid dienone is 1. The van der Waals surface area contributed by atoms with Gasteiger partial charge in [0.1, 0.15) is 0 Å². The summed E-state index contributed by atoms with van der Waals surface area (Å²) in [6.07, 6.45) is 10.1. The molecule has 3 N–H and O–H groups in total. The van der Waals surface area contributed by atoms with Gasteiger partial charge in [-0.3, -0.25) is 0 Å². The Morgan fingerprint density at radius 3 is 2.92 bits per heavy atom. The molecule has 0 heterocycles. The molecule has 12 heavy (non-hydrogen) atoms. The molecule has 0 aromatic rings. The SMILES string of the molecule is C#C/C(N)=C\C(NCCC)SC. The summed E-state index contributed by atoms with van der Waals surface area (Å²) in [5, 5.41) is 3.53. The third-order valence-electron chi connectivity index (χ3n) is 1.35. The Hall–Kier alpha value is -0.590. The molecule has 68 valence electrons. The third kappa shape index (κ3) is 5.11. The summed E-state index contributed by atoms with van der Waals surface area (Å²) in [5.74, 6) is 2.39. The Bertz CT molecular complexity index is 181. The number of terminal acetylenes is 1. The molecule has 0 aliphatic heterocycles. The van der Waals surface area contributed by atoms with Gasteiger partial charge in [-0.2, -0.15) is 0 Å². The van der Waals surface area contributed by atoms with Crippen LogP contribution < -0.4 is 11.1 Å². The van der Waals surface area contributed by atoms with Crippen LogP contribution in [0.5, 0.6) is 0 Å². The fourth-order valence-corrected chi connectivity index (χ4v) is 1.28. The Morgan fingerprint density at radius 1 is 1.83 bits per heavy atom. The third-order valence-corrected chi connectivity index (χ3v) is 2.16. The van der Waals surface area contributed by atoms with Crippen molar-refractivity contribution >= 4 is 11.8 Å². The van der Waals surface area contributed by atoms with Gasteiger partial charge in [0.25, 0.3) is 0 Å². The average Bonchev–Trinajstić information content (AvgIpc) is 2.11. The first-order valence-electron chi connectivity index (χ1n) is 3.94. The summed E-state index contributed by atoms with van der Waals surface area (Å²) in [6.45, 7) is 3.11. The zero-order valence-corrected chi connectivity index (χ0v) is 8.45. The second kappa shape index (κ2) is 7.08. The number of hydrogen-bond acceptors (Lipinski definition) is 3. The molecule has 0 saturated heterocycles. The van der Waals surface area contributed by atoms with Crippen LogP contribution in [0.4, 0.5) is 0 Å². The maximum atomic E-state index is 5.49. The number of nitrogens with two attached hydrogens (primary N) is 1. The largest absolute Gasteiger partial charge is 0.392 e. The Labute approximate surface area is 79.0 Å². The standard InChI is InChI=1S/C9H16N2S/c1-4-6-11-9(12-3)7-8(10)5-2/h2,7,9,11H,4,6,10H2,1,3H3/b8-7+. The van der Waals surface area contributed by atoms with Crippen LogP contribution in [0, 0.1) is 12.3 Å². The predicted molar refractivity (Wildman–Crippen MR) is 56.7 cm³/mol.